The summed E-state index contributed by atoms with van der Waals surface area (Å²) in [7, 11) is 3.02. The number of aromatic nitrogens is 2. The van der Waals surface area contributed by atoms with E-state index in [-0.39, 0.29) is 0 Å². The molecule has 1 aromatic heterocycles. The Morgan fingerprint density at radius 1 is 1.00 bits per heavy atom. The Labute approximate surface area is 170 Å². The molecule has 0 fully saturated rings. The van der Waals surface area contributed by atoms with Crippen LogP contribution in [0.25, 0.3) is 0 Å². The zero-order valence-corrected chi connectivity index (χ0v) is 16.7. The maximum absolute atomic E-state index is 12.0. The highest BCUT2D eigenvalue weighted by Gasteiger charge is 2.12. The molecule has 2 aromatic carbocycles. The van der Waals surface area contributed by atoms with Gasteiger partial charge in [0.15, 0.2) is 0 Å². The first kappa shape index (κ1) is 20.1. The fraction of sp³-hybridized carbons (Fsp3) is 0.227. The number of methoxy groups -OCH3 is 2. The maximum atomic E-state index is 12.0. The third kappa shape index (κ3) is 5.44. The van der Waals surface area contributed by atoms with Gasteiger partial charge in [-0.2, -0.15) is 0 Å². The molecular weight excluding hydrogens is 368 g/mol. The largest absolute Gasteiger partial charge is 0.497 e. The molecule has 0 aliphatic rings. The minimum absolute atomic E-state index is 0.406. The van der Waals surface area contributed by atoms with Gasteiger partial charge in [0.2, 0.25) is 0 Å². The fourth-order valence-corrected chi connectivity index (χ4v) is 2.87. The molecule has 0 unspecified atom stereocenters. The first-order valence-electron chi connectivity index (χ1n) is 9.26. The number of benzene rings is 2. The molecule has 29 heavy (non-hydrogen) atoms. The van der Waals surface area contributed by atoms with Crippen LogP contribution >= 0.6 is 0 Å². The number of aryl methyl sites for hydroxylation is 1. The summed E-state index contributed by atoms with van der Waals surface area (Å²) in [5, 5.41) is 6.51. The predicted octanol–water partition coefficient (Wildman–Crippen LogP) is 3.98. The van der Waals surface area contributed by atoms with E-state index in [4.69, 9.17) is 9.47 Å². The third-order valence-electron chi connectivity index (χ3n) is 4.31. The van der Waals surface area contributed by atoms with Crippen molar-refractivity contribution in [2.24, 2.45) is 0 Å². The van der Waals surface area contributed by atoms with Crippen LogP contribution in [-0.2, 0) is 11.2 Å². The summed E-state index contributed by atoms with van der Waals surface area (Å²) in [6.07, 6.45) is 0.848. The summed E-state index contributed by atoms with van der Waals surface area (Å²) in [6, 6.07) is 16.9. The van der Waals surface area contributed by atoms with Gasteiger partial charge in [0.1, 0.15) is 23.2 Å². The number of para-hydroxylation sites is 1. The van der Waals surface area contributed by atoms with E-state index < -0.39 is 5.97 Å². The number of nitrogens with zero attached hydrogens (tertiary/aromatic N) is 2. The van der Waals surface area contributed by atoms with Gasteiger partial charge in [-0.1, -0.05) is 24.3 Å². The van der Waals surface area contributed by atoms with Crippen LogP contribution in [0.4, 0.5) is 17.3 Å². The van der Waals surface area contributed by atoms with Crippen LogP contribution in [0, 0.1) is 6.92 Å². The zero-order valence-electron chi connectivity index (χ0n) is 16.7. The van der Waals surface area contributed by atoms with Gasteiger partial charge >= 0.3 is 5.97 Å². The number of carbonyl (C=O) groups is 1. The predicted molar refractivity (Wildman–Crippen MR) is 113 cm³/mol. The van der Waals surface area contributed by atoms with Crippen molar-refractivity contribution in [3.63, 3.8) is 0 Å². The minimum atomic E-state index is -0.406. The van der Waals surface area contributed by atoms with Crippen LogP contribution < -0.4 is 15.4 Å². The van der Waals surface area contributed by atoms with Crippen LogP contribution in [0.5, 0.6) is 5.75 Å². The molecule has 0 saturated heterocycles. The summed E-state index contributed by atoms with van der Waals surface area (Å²) in [5.41, 5.74) is 2.27. The summed E-state index contributed by atoms with van der Waals surface area (Å²) in [4.78, 5) is 20.8. The van der Waals surface area contributed by atoms with Crippen molar-refractivity contribution in [1.82, 2.24) is 9.97 Å². The van der Waals surface area contributed by atoms with E-state index in [0.717, 1.165) is 18.7 Å². The number of hydrogen-bond acceptors (Lipinski definition) is 7. The maximum Gasteiger partial charge on any atom is 0.339 e. The average Bonchev–Trinajstić information content (AvgIpc) is 2.74. The van der Waals surface area contributed by atoms with Crippen molar-refractivity contribution in [3.05, 3.63) is 71.5 Å². The van der Waals surface area contributed by atoms with E-state index in [1.54, 1.807) is 25.3 Å². The molecule has 0 atom stereocenters. The summed E-state index contributed by atoms with van der Waals surface area (Å²) in [6.45, 7) is 2.55. The van der Waals surface area contributed by atoms with Crippen molar-refractivity contribution in [2.75, 3.05) is 31.4 Å². The molecule has 0 aliphatic carbocycles. The van der Waals surface area contributed by atoms with Gasteiger partial charge in [-0.3, -0.25) is 0 Å². The Balaban J connectivity index is 1.67. The molecule has 7 nitrogen and oxygen atoms in total. The molecule has 0 aliphatic heterocycles. The smallest absolute Gasteiger partial charge is 0.339 e. The van der Waals surface area contributed by atoms with Crippen molar-refractivity contribution in [1.29, 1.82) is 0 Å². The van der Waals surface area contributed by atoms with Crippen LogP contribution in [0.3, 0.4) is 0 Å². The van der Waals surface area contributed by atoms with Gasteiger partial charge in [0.05, 0.1) is 25.5 Å². The Hall–Kier alpha value is -3.61. The quantitative estimate of drug-likeness (QED) is 0.561. The van der Waals surface area contributed by atoms with Gasteiger partial charge in [-0.05, 0) is 43.2 Å². The highest BCUT2D eigenvalue weighted by molar-refractivity contribution is 5.96. The second kappa shape index (κ2) is 9.54. The fourth-order valence-electron chi connectivity index (χ4n) is 2.87. The molecule has 7 heteroatoms. The summed E-state index contributed by atoms with van der Waals surface area (Å²) >= 11 is 0. The monoisotopic (exact) mass is 392 g/mol. The molecule has 1 heterocycles. The van der Waals surface area contributed by atoms with E-state index in [1.807, 2.05) is 43.3 Å². The van der Waals surface area contributed by atoms with Crippen molar-refractivity contribution in [2.45, 2.75) is 13.3 Å². The van der Waals surface area contributed by atoms with Crippen LogP contribution in [-0.4, -0.2) is 36.7 Å². The number of ether oxygens (including phenoxy) is 2. The zero-order chi connectivity index (χ0) is 20.6. The molecule has 3 aromatic rings. The second-order valence-corrected chi connectivity index (χ2v) is 6.37. The molecule has 0 bridgehead atoms. The van der Waals surface area contributed by atoms with Gasteiger partial charge in [-0.25, -0.2) is 14.8 Å². The van der Waals surface area contributed by atoms with Crippen LogP contribution in [0.15, 0.2) is 54.6 Å². The molecule has 0 saturated carbocycles. The lowest BCUT2D eigenvalue weighted by atomic mass is 10.1. The normalized spacial score (nSPS) is 10.3. The lowest BCUT2D eigenvalue weighted by Crippen LogP contribution is -2.09. The molecule has 3 rings (SSSR count). The number of rotatable bonds is 8. The SMILES string of the molecule is COC(=O)c1ccccc1Nc1cc(NCCc2ccc(OC)cc2)nc(C)n1. The molecule has 2 N–H and O–H groups in total. The Morgan fingerprint density at radius 2 is 1.72 bits per heavy atom. The number of anilines is 3. The Kier molecular flexibility index (Phi) is 6.63. The van der Waals surface area contributed by atoms with Crippen molar-refractivity contribution >= 4 is 23.3 Å². The Morgan fingerprint density at radius 3 is 2.45 bits per heavy atom. The lowest BCUT2D eigenvalue weighted by molar-refractivity contribution is 0.0602. The molecule has 0 amide bonds. The van der Waals surface area contributed by atoms with E-state index in [9.17, 15) is 4.79 Å². The van der Waals surface area contributed by atoms with Crippen LogP contribution in [0.1, 0.15) is 21.7 Å². The highest BCUT2D eigenvalue weighted by Crippen LogP contribution is 2.22. The van der Waals surface area contributed by atoms with Crippen molar-refractivity contribution < 1.29 is 14.3 Å². The third-order valence-corrected chi connectivity index (χ3v) is 4.31. The molecular formula is C22H24N4O3. The first-order chi connectivity index (χ1) is 14.1. The number of carbonyl (C=O) groups excluding carboxylic acids is 1. The standard InChI is InChI=1S/C22H24N4O3/c1-15-24-20(23-13-12-16-8-10-17(28-2)11-9-16)14-21(25-15)26-19-7-5-4-6-18(19)22(27)29-3/h4-11,14H,12-13H2,1-3H3,(H2,23,24,25,26). The van der Waals surface area contributed by atoms with E-state index in [0.29, 0.717) is 28.7 Å². The Bertz CT molecular complexity index is 974. The van der Waals surface area contributed by atoms with Gasteiger partial charge in [0, 0.05) is 12.6 Å². The first-order valence-corrected chi connectivity index (χ1v) is 9.26. The van der Waals surface area contributed by atoms with E-state index in [2.05, 4.69) is 20.6 Å². The van der Waals surface area contributed by atoms with Gasteiger partial charge in [-0.15, -0.1) is 0 Å². The minimum Gasteiger partial charge on any atom is -0.497 e. The number of hydrogen-bond donors (Lipinski definition) is 2. The average molecular weight is 392 g/mol. The van der Waals surface area contributed by atoms with E-state index in [1.165, 1.54) is 12.7 Å². The van der Waals surface area contributed by atoms with Crippen LogP contribution in [0.2, 0.25) is 0 Å². The summed E-state index contributed by atoms with van der Waals surface area (Å²) in [5.74, 6) is 2.37. The lowest BCUT2D eigenvalue weighted by Gasteiger charge is -2.12. The number of nitrogens with one attached hydrogen (secondary N) is 2. The highest BCUT2D eigenvalue weighted by atomic mass is 16.5. The topological polar surface area (TPSA) is 85.4 Å². The van der Waals surface area contributed by atoms with Crippen molar-refractivity contribution in [3.8, 4) is 5.75 Å². The molecule has 0 radical (unpaired) electrons. The summed E-state index contributed by atoms with van der Waals surface area (Å²) < 4.78 is 10.0. The molecule has 150 valence electrons. The molecule has 0 spiro atoms. The van der Waals surface area contributed by atoms with Gasteiger partial charge in [0.25, 0.3) is 0 Å². The van der Waals surface area contributed by atoms with E-state index >= 15 is 0 Å². The van der Waals surface area contributed by atoms with Gasteiger partial charge < -0.3 is 20.1 Å². The second-order valence-electron chi connectivity index (χ2n) is 6.37. The number of esters is 1.